The molecule has 0 aliphatic carbocycles. The van der Waals surface area contributed by atoms with Crippen LogP contribution in [-0.2, 0) is 13.1 Å². The molecule has 1 aromatic rings. The van der Waals surface area contributed by atoms with Gasteiger partial charge in [-0.2, -0.15) is 0 Å². The van der Waals surface area contributed by atoms with Gasteiger partial charge >= 0.3 is 0 Å². The summed E-state index contributed by atoms with van der Waals surface area (Å²) in [5.74, 6) is 0.742. The molecule has 1 aromatic carbocycles. The number of hydrogen-bond acceptors (Lipinski definition) is 3. The third-order valence-electron chi connectivity index (χ3n) is 4.40. The van der Waals surface area contributed by atoms with Crippen molar-refractivity contribution in [3.05, 3.63) is 33.8 Å². The van der Waals surface area contributed by atoms with E-state index in [-0.39, 0.29) is 0 Å². The molecule has 0 amide bonds. The summed E-state index contributed by atoms with van der Waals surface area (Å²) in [6.45, 7) is 9.85. The largest absolute Gasteiger partial charge is 0.313 e. The van der Waals surface area contributed by atoms with Gasteiger partial charge < -0.3 is 10.2 Å². The van der Waals surface area contributed by atoms with Crippen LogP contribution in [0.4, 0.5) is 0 Å². The maximum absolute atomic E-state index is 3.74. The first-order valence-electron chi connectivity index (χ1n) is 7.88. The Morgan fingerprint density at radius 2 is 2.10 bits per heavy atom. The van der Waals surface area contributed by atoms with E-state index in [0.29, 0.717) is 6.04 Å². The van der Waals surface area contributed by atoms with Gasteiger partial charge in [-0.05, 0) is 43.8 Å². The third-order valence-corrected chi connectivity index (χ3v) is 5.14. The minimum absolute atomic E-state index is 0.678. The van der Waals surface area contributed by atoms with Gasteiger partial charge in [0, 0.05) is 36.7 Å². The van der Waals surface area contributed by atoms with Gasteiger partial charge in [-0.3, -0.25) is 4.90 Å². The summed E-state index contributed by atoms with van der Waals surface area (Å²) in [6.07, 6.45) is 0. The number of benzene rings is 1. The van der Waals surface area contributed by atoms with Crippen LogP contribution in [0.2, 0.25) is 0 Å². The molecule has 0 radical (unpaired) electrons. The van der Waals surface area contributed by atoms with Crippen molar-refractivity contribution in [2.24, 2.45) is 5.92 Å². The average molecular weight is 354 g/mol. The van der Waals surface area contributed by atoms with E-state index >= 15 is 0 Å². The van der Waals surface area contributed by atoms with Gasteiger partial charge in [0.15, 0.2) is 0 Å². The highest BCUT2D eigenvalue weighted by Gasteiger charge is 2.30. The summed E-state index contributed by atoms with van der Waals surface area (Å²) in [4.78, 5) is 4.93. The fourth-order valence-electron chi connectivity index (χ4n) is 3.19. The van der Waals surface area contributed by atoms with Crippen LogP contribution >= 0.6 is 15.9 Å². The average Bonchev–Trinajstić information content (AvgIpc) is 2.80. The van der Waals surface area contributed by atoms with E-state index in [2.05, 4.69) is 77.2 Å². The molecule has 2 unspecified atom stereocenters. The van der Waals surface area contributed by atoms with E-state index in [1.165, 1.54) is 28.7 Å². The molecule has 1 saturated heterocycles. The second-order valence-corrected chi connectivity index (χ2v) is 7.26. The normalized spacial score (nSPS) is 23.1. The van der Waals surface area contributed by atoms with Gasteiger partial charge in [-0.25, -0.2) is 0 Å². The number of likely N-dealkylation sites (tertiary alicyclic amines) is 1. The van der Waals surface area contributed by atoms with Crippen LogP contribution in [0.15, 0.2) is 22.7 Å². The predicted octanol–water partition coefficient (Wildman–Crippen LogP) is 2.94. The Morgan fingerprint density at radius 3 is 2.67 bits per heavy atom. The highest BCUT2D eigenvalue weighted by molar-refractivity contribution is 9.10. The number of rotatable bonds is 6. The smallest absolute Gasteiger partial charge is 0.0254 e. The summed E-state index contributed by atoms with van der Waals surface area (Å²) < 4.78 is 1.24. The first-order chi connectivity index (χ1) is 10.0. The van der Waals surface area contributed by atoms with Crippen LogP contribution in [0.3, 0.4) is 0 Å². The van der Waals surface area contributed by atoms with Gasteiger partial charge in [0.25, 0.3) is 0 Å². The van der Waals surface area contributed by atoms with Crippen LogP contribution in [0, 0.1) is 5.92 Å². The zero-order valence-corrected chi connectivity index (χ0v) is 15.3. The van der Waals surface area contributed by atoms with Crippen molar-refractivity contribution in [3.8, 4) is 0 Å². The minimum Gasteiger partial charge on any atom is -0.313 e. The van der Waals surface area contributed by atoms with Crippen LogP contribution in [0.25, 0.3) is 0 Å². The minimum atomic E-state index is 0.678. The molecule has 118 valence electrons. The summed E-state index contributed by atoms with van der Waals surface area (Å²) >= 11 is 3.74. The van der Waals surface area contributed by atoms with Crippen LogP contribution in [0.5, 0.6) is 0 Å². The van der Waals surface area contributed by atoms with E-state index in [1.807, 2.05) is 0 Å². The Balaban J connectivity index is 1.97. The van der Waals surface area contributed by atoms with Crippen molar-refractivity contribution in [3.63, 3.8) is 0 Å². The topological polar surface area (TPSA) is 18.5 Å². The van der Waals surface area contributed by atoms with E-state index in [9.17, 15) is 0 Å². The molecule has 2 atom stereocenters. The molecule has 2 rings (SSSR count). The molecular weight excluding hydrogens is 326 g/mol. The molecule has 1 heterocycles. The molecule has 0 bridgehead atoms. The van der Waals surface area contributed by atoms with E-state index in [4.69, 9.17) is 0 Å². The highest BCUT2D eigenvalue weighted by atomic mass is 79.9. The predicted molar refractivity (Wildman–Crippen MR) is 93.4 cm³/mol. The van der Waals surface area contributed by atoms with Crippen molar-refractivity contribution in [1.82, 2.24) is 15.1 Å². The second kappa shape index (κ2) is 7.73. The van der Waals surface area contributed by atoms with Gasteiger partial charge in [-0.1, -0.05) is 41.9 Å². The van der Waals surface area contributed by atoms with Crippen molar-refractivity contribution in [1.29, 1.82) is 0 Å². The fourth-order valence-corrected chi connectivity index (χ4v) is 3.74. The number of nitrogens with zero attached hydrogens (tertiary/aromatic N) is 2. The molecule has 4 heteroatoms. The molecular formula is C17H28BrN3. The number of likely N-dealkylation sites (N-methyl/N-ethyl adjacent to an activating group) is 1. The summed E-state index contributed by atoms with van der Waals surface area (Å²) in [7, 11) is 4.38. The lowest BCUT2D eigenvalue weighted by Gasteiger charge is -2.22. The maximum Gasteiger partial charge on any atom is 0.0254 e. The van der Waals surface area contributed by atoms with Gasteiger partial charge in [0.05, 0.1) is 0 Å². The van der Waals surface area contributed by atoms with Crippen molar-refractivity contribution >= 4 is 15.9 Å². The second-order valence-electron chi connectivity index (χ2n) is 6.41. The van der Waals surface area contributed by atoms with Crippen molar-refractivity contribution in [2.45, 2.75) is 33.0 Å². The SMILES string of the molecule is CCNCc1ccc(CN2CC(C)C(N(C)C)C2)c(Br)c1. The summed E-state index contributed by atoms with van der Waals surface area (Å²) in [6, 6.07) is 7.44. The fraction of sp³-hybridized carbons (Fsp3) is 0.647. The van der Waals surface area contributed by atoms with E-state index in [1.54, 1.807) is 0 Å². The zero-order chi connectivity index (χ0) is 15.4. The number of nitrogens with one attached hydrogen (secondary N) is 1. The highest BCUT2D eigenvalue weighted by Crippen LogP contribution is 2.25. The standard InChI is InChI=1S/C17H28BrN3/c1-5-19-9-14-6-7-15(16(18)8-14)11-21-10-13(2)17(12-21)20(3)4/h6-8,13,17,19H,5,9-12H2,1-4H3. The van der Waals surface area contributed by atoms with Crippen LogP contribution < -0.4 is 5.32 Å². The molecule has 1 fully saturated rings. The molecule has 1 aliphatic rings. The molecule has 1 N–H and O–H groups in total. The number of hydrogen-bond donors (Lipinski definition) is 1. The summed E-state index contributed by atoms with van der Waals surface area (Å²) in [5.41, 5.74) is 2.73. The van der Waals surface area contributed by atoms with E-state index in [0.717, 1.165) is 25.6 Å². The monoisotopic (exact) mass is 353 g/mol. The Morgan fingerprint density at radius 1 is 1.33 bits per heavy atom. The van der Waals surface area contributed by atoms with Gasteiger partial charge in [0.1, 0.15) is 0 Å². The van der Waals surface area contributed by atoms with Gasteiger partial charge in [-0.15, -0.1) is 0 Å². The lowest BCUT2D eigenvalue weighted by atomic mass is 10.1. The lowest BCUT2D eigenvalue weighted by Crippen LogP contribution is -2.34. The zero-order valence-electron chi connectivity index (χ0n) is 13.7. The summed E-state index contributed by atoms with van der Waals surface area (Å²) in [5, 5.41) is 3.37. The first-order valence-corrected chi connectivity index (χ1v) is 8.67. The van der Waals surface area contributed by atoms with Gasteiger partial charge in [0.2, 0.25) is 0 Å². The lowest BCUT2D eigenvalue weighted by molar-refractivity contribution is 0.250. The Bertz CT molecular complexity index is 461. The molecule has 0 spiro atoms. The Hall–Kier alpha value is -0.420. The van der Waals surface area contributed by atoms with Crippen molar-refractivity contribution < 1.29 is 0 Å². The Kier molecular flexibility index (Phi) is 6.23. The molecule has 0 saturated carbocycles. The van der Waals surface area contributed by atoms with Crippen molar-refractivity contribution in [2.75, 3.05) is 33.7 Å². The van der Waals surface area contributed by atoms with Crippen LogP contribution in [0.1, 0.15) is 25.0 Å². The first kappa shape index (κ1) is 16.9. The third kappa shape index (κ3) is 4.52. The Labute approximate surface area is 137 Å². The molecule has 0 aromatic heterocycles. The molecule has 3 nitrogen and oxygen atoms in total. The number of halogens is 1. The quantitative estimate of drug-likeness (QED) is 0.848. The molecule has 21 heavy (non-hydrogen) atoms. The van der Waals surface area contributed by atoms with Crippen LogP contribution in [-0.4, -0.2) is 49.6 Å². The maximum atomic E-state index is 3.74. The van der Waals surface area contributed by atoms with E-state index < -0.39 is 0 Å². The molecule has 1 aliphatic heterocycles.